The fourth-order valence-electron chi connectivity index (χ4n) is 2.54. The predicted molar refractivity (Wildman–Crippen MR) is 79.5 cm³/mol. The number of hydrogen-bond donors (Lipinski definition) is 0. The maximum atomic E-state index is 13.7. The quantitative estimate of drug-likeness (QED) is 0.768. The molecule has 0 saturated carbocycles. The molecule has 22 heavy (non-hydrogen) atoms. The predicted octanol–water partition coefficient (Wildman–Crippen LogP) is 3.95. The molecule has 1 aliphatic heterocycles. The van der Waals surface area contributed by atoms with Gasteiger partial charge in [0, 0.05) is 13.1 Å². The third-order valence-electron chi connectivity index (χ3n) is 3.49. The van der Waals surface area contributed by atoms with E-state index in [9.17, 15) is 17.6 Å². The standard InChI is InChI=1S/C15H12F4N2.ClH/c16-10-3-1-4-11(17)14(10)20-7-8-21(9-20)15-12(18)5-2-6-13(15)19;/h1-6H,7-9H2;1H. The van der Waals surface area contributed by atoms with E-state index < -0.39 is 23.3 Å². The van der Waals surface area contributed by atoms with Gasteiger partial charge in [0.05, 0.1) is 6.67 Å². The Kier molecular flexibility index (Phi) is 4.81. The maximum absolute atomic E-state index is 13.7. The largest absolute Gasteiger partial charge is 0.347 e. The van der Waals surface area contributed by atoms with Crippen LogP contribution in [0.25, 0.3) is 0 Å². The molecule has 7 heteroatoms. The second kappa shape index (κ2) is 6.44. The van der Waals surface area contributed by atoms with Gasteiger partial charge < -0.3 is 9.80 Å². The second-order valence-corrected chi connectivity index (χ2v) is 4.81. The van der Waals surface area contributed by atoms with E-state index in [1.165, 1.54) is 21.9 Å². The van der Waals surface area contributed by atoms with Crippen molar-refractivity contribution in [3.63, 3.8) is 0 Å². The van der Waals surface area contributed by atoms with E-state index in [1.807, 2.05) is 0 Å². The Balaban J connectivity index is 0.00000176. The van der Waals surface area contributed by atoms with Gasteiger partial charge in [0.25, 0.3) is 0 Å². The lowest BCUT2D eigenvalue weighted by atomic mass is 10.2. The zero-order valence-electron chi connectivity index (χ0n) is 11.4. The summed E-state index contributed by atoms with van der Waals surface area (Å²) in [4.78, 5) is 2.85. The van der Waals surface area contributed by atoms with Crippen molar-refractivity contribution < 1.29 is 17.6 Å². The van der Waals surface area contributed by atoms with Crippen molar-refractivity contribution in [1.82, 2.24) is 0 Å². The molecule has 2 aromatic carbocycles. The Labute approximate surface area is 131 Å². The van der Waals surface area contributed by atoms with Crippen LogP contribution in [0.3, 0.4) is 0 Å². The van der Waals surface area contributed by atoms with Gasteiger partial charge in [-0.25, -0.2) is 17.6 Å². The van der Waals surface area contributed by atoms with Crippen molar-refractivity contribution in [3.05, 3.63) is 59.7 Å². The Hall–Kier alpha value is -1.95. The third kappa shape index (κ3) is 2.83. The monoisotopic (exact) mass is 332 g/mol. The minimum Gasteiger partial charge on any atom is -0.347 e. The van der Waals surface area contributed by atoms with Crippen LogP contribution in [-0.2, 0) is 0 Å². The average molecular weight is 333 g/mol. The molecule has 1 heterocycles. The highest BCUT2D eigenvalue weighted by Gasteiger charge is 2.28. The van der Waals surface area contributed by atoms with E-state index >= 15 is 0 Å². The number of hydrogen-bond acceptors (Lipinski definition) is 2. The molecule has 0 amide bonds. The van der Waals surface area contributed by atoms with Crippen molar-refractivity contribution >= 4 is 23.8 Å². The molecule has 0 aliphatic carbocycles. The van der Waals surface area contributed by atoms with E-state index in [0.29, 0.717) is 0 Å². The van der Waals surface area contributed by atoms with E-state index in [-0.39, 0.29) is 43.5 Å². The van der Waals surface area contributed by atoms with Gasteiger partial charge in [0.1, 0.15) is 34.6 Å². The Morgan fingerprint density at radius 1 is 0.636 bits per heavy atom. The normalized spacial score (nSPS) is 14.2. The maximum Gasteiger partial charge on any atom is 0.149 e. The highest BCUT2D eigenvalue weighted by atomic mass is 35.5. The van der Waals surface area contributed by atoms with Crippen LogP contribution in [0.15, 0.2) is 36.4 Å². The van der Waals surface area contributed by atoms with Gasteiger partial charge in [0.15, 0.2) is 0 Å². The lowest BCUT2D eigenvalue weighted by Crippen LogP contribution is -2.27. The van der Waals surface area contributed by atoms with Gasteiger partial charge in [-0.15, -0.1) is 12.4 Å². The number of anilines is 2. The van der Waals surface area contributed by atoms with Crippen LogP contribution in [-0.4, -0.2) is 19.8 Å². The van der Waals surface area contributed by atoms with E-state index in [0.717, 1.165) is 24.3 Å². The van der Waals surface area contributed by atoms with Crippen molar-refractivity contribution in [1.29, 1.82) is 0 Å². The van der Waals surface area contributed by atoms with Crippen LogP contribution < -0.4 is 9.80 Å². The molecule has 0 spiro atoms. The van der Waals surface area contributed by atoms with Crippen LogP contribution in [0.2, 0.25) is 0 Å². The molecule has 1 fully saturated rings. The van der Waals surface area contributed by atoms with E-state index in [2.05, 4.69) is 0 Å². The fraction of sp³-hybridized carbons (Fsp3) is 0.200. The van der Waals surface area contributed by atoms with Crippen molar-refractivity contribution in [3.8, 4) is 0 Å². The molecule has 0 atom stereocenters. The number of halogens is 5. The summed E-state index contributed by atoms with van der Waals surface area (Å²) in [7, 11) is 0. The van der Waals surface area contributed by atoms with Crippen LogP contribution >= 0.6 is 12.4 Å². The smallest absolute Gasteiger partial charge is 0.149 e. The highest BCUT2D eigenvalue weighted by molar-refractivity contribution is 5.85. The topological polar surface area (TPSA) is 6.48 Å². The van der Waals surface area contributed by atoms with Crippen LogP contribution in [0, 0.1) is 23.3 Å². The minimum atomic E-state index is -0.689. The molecular formula is C15H13ClF4N2. The number of nitrogens with zero attached hydrogens (tertiary/aromatic N) is 2. The molecule has 3 rings (SSSR count). The number of para-hydroxylation sites is 2. The van der Waals surface area contributed by atoms with E-state index in [4.69, 9.17) is 0 Å². The van der Waals surface area contributed by atoms with Crippen molar-refractivity contribution in [2.24, 2.45) is 0 Å². The van der Waals surface area contributed by atoms with Gasteiger partial charge >= 0.3 is 0 Å². The second-order valence-electron chi connectivity index (χ2n) is 4.81. The summed E-state index contributed by atoms with van der Waals surface area (Å²) in [6, 6.07) is 7.18. The Morgan fingerprint density at radius 2 is 0.955 bits per heavy atom. The van der Waals surface area contributed by atoms with Crippen LogP contribution in [0.4, 0.5) is 28.9 Å². The van der Waals surface area contributed by atoms with Crippen molar-refractivity contribution in [2.45, 2.75) is 0 Å². The Bertz CT molecular complexity index is 583. The van der Waals surface area contributed by atoms with Crippen molar-refractivity contribution in [2.75, 3.05) is 29.6 Å². The first kappa shape index (κ1) is 16.4. The van der Waals surface area contributed by atoms with Gasteiger partial charge in [-0.3, -0.25) is 0 Å². The first-order chi connectivity index (χ1) is 10.1. The molecule has 0 aromatic heterocycles. The molecule has 118 valence electrons. The average Bonchev–Trinajstić information content (AvgIpc) is 2.87. The first-order valence-corrected chi connectivity index (χ1v) is 6.46. The van der Waals surface area contributed by atoms with Gasteiger partial charge in [0.2, 0.25) is 0 Å². The molecule has 1 aliphatic rings. The minimum absolute atomic E-state index is 0. The fourth-order valence-corrected chi connectivity index (χ4v) is 2.54. The molecule has 2 nitrogen and oxygen atoms in total. The van der Waals surface area contributed by atoms with Crippen LogP contribution in [0.5, 0.6) is 0 Å². The summed E-state index contributed by atoms with van der Waals surface area (Å²) in [5.41, 5.74) is -0.339. The SMILES string of the molecule is Cl.Fc1cccc(F)c1N1CCN(c2c(F)cccc2F)C1. The molecule has 0 radical (unpaired) electrons. The summed E-state index contributed by atoms with van der Waals surface area (Å²) >= 11 is 0. The summed E-state index contributed by atoms with van der Waals surface area (Å²) < 4.78 is 55.0. The summed E-state index contributed by atoms with van der Waals surface area (Å²) in [6.45, 7) is 0.590. The molecule has 0 unspecified atom stereocenters. The van der Waals surface area contributed by atoms with Crippen LogP contribution in [0.1, 0.15) is 0 Å². The first-order valence-electron chi connectivity index (χ1n) is 6.46. The highest BCUT2D eigenvalue weighted by Crippen LogP contribution is 2.30. The molecule has 1 saturated heterocycles. The molecule has 0 bridgehead atoms. The number of rotatable bonds is 2. The lowest BCUT2D eigenvalue weighted by Gasteiger charge is -2.22. The van der Waals surface area contributed by atoms with E-state index in [1.54, 1.807) is 0 Å². The van der Waals surface area contributed by atoms with Gasteiger partial charge in [-0.2, -0.15) is 0 Å². The summed E-state index contributed by atoms with van der Waals surface area (Å²) in [6.07, 6.45) is 0. The van der Waals surface area contributed by atoms with Gasteiger partial charge in [-0.1, -0.05) is 12.1 Å². The zero-order valence-corrected chi connectivity index (χ0v) is 12.2. The summed E-state index contributed by atoms with van der Waals surface area (Å²) in [5, 5.41) is 0. The summed E-state index contributed by atoms with van der Waals surface area (Å²) in [5.74, 6) is -2.76. The van der Waals surface area contributed by atoms with Gasteiger partial charge in [-0.05, 0) is 24.3 Å². The molecule has 2 aromatic rings. The molecule has 0 N–H and O–H groups in total. The lowest BCUT2D eigenvalue weighted by molar-refractivity contribution is 0.573. The molecular weight excluding hydrogens is 320 g/mol. The third-order valence-corrected chi connectivity index (χ3v) is 3.49. The Morgan fingerprint density at radius 3 is 1.27 bits per heavy atom. The number of benzene rings is 2. The zero-order chi connectivity index (χ0) is 15.0.